The second-order valence-electron chi connectivity index (χ2n) is 4.48. The Kier molecular flexibility index (Phi) is 3.54. The number of amides is 1. The van der Waals surface area contributed by atoms with Gasteiger partial charge in [-0.1, -0.05) is 23.2 Å². The third kappa shape index (κ3) is 2.35. The number of ketones is 1. The Morgan fingerprint density at radius 3 is 2.85 bits per heavy atom. The molecule has 2 aromatic rings. The van der Waals surface area contributed by atoms with Crippen molar-refractivity contribution in [2.24, 2.45) is 0 Å². The van der Waals surface area contributed by atoms with Crippen LogP contribution in [-0.4, -0.2) is 11.7 Å². The van der Waals surface area contributed by atoms with Crippen molar-refractivity contribution in [2.75, 3.05) is 0 Å². The maximum absolute atomic E-state index is 12.2. The van der Waals surface area contributed by atoms with E-state index in [2.05, 4.69) is 5.32 Å². The summed E-state index contributed by atoms with van der Waals surface area (Å²) < 4.78 is 0. The number of carbonyl (C=O) groups is 2. The molecule has 0 saturated carbocycles. The Labute approximate surface area is 129 Å². The molecule has 3 nitrogen and oxygen atoms in total. The summed E-state index contributed by atoms with van der Waals surface area (Å²) in [6.45, 7) is 0. The zero-order chi connectivity index (χ0) is 14.3. The monoisotopic (exact) mass is 325 g/mol. The summed E-state index contributed by atoms with van der Waals surface area (Å²) in [5.41, 5.74) is 1.24. The summed E-state index contributed by atoms with van der Waals surface area (Å²) in [7, 11) is 0. The molecule has 1 aromatic carbocycles. The number of fused-ring (bicyclic) bond motifs is 1. The second kappa shape index (κ2) is 5.20. The van der Waals surface area contributed by atoms with Crippen molar-refractivity contribution in [3.63, 3.8) is 0 Å². The summed E-state index contributed by atoms with van der Waals surface area (Å²) in [6.07, 6.45) is 0.305. The Balaban J connectivity index is 1.83. The van der Waals surface area contributed by atoms with Gasteiger partial charge >= 0.3 is 0 Å². The maximum Gasteiger partial charge on any atom is 0.253 e. The van der Waals surface area contributed by atoms with Crippen LogP contribution in [0.4, 0.5) is 0 Å². The van der Waals surface area contributed by atoms with Crippen LogP contribution in [0.5, 0.6) is 0 Å². The fourth-order valence-electron chi connectivity index (χ4n) is 2.25. The molecule has 6 heteroatoms. The third-order valence-electron chi connectivity index (χ3n) is 3.19. The lowest BCUT2D eigenvalue weighted by Crippen LogP contribution is -2.27. The molecule has 1 N–H and O–H groups in total. The molecule has 1 aromatic heterocycles. The first-order chi connectivity index (χ1) is 9.56. The third-order valence-corrected chi connectivity index (χ3v) is 4.71. The molecule has 0 spiro atoms. The van der Waals surface area contributed by atoms with Gasteiger partial charge < -0.3 is 5.32 Å². The van der Waals surface area contributed by atoms with E-state index in [1.165, 1.54) is 17.4 Å². The van der Waals surface area contributed by atoms with E-state index in [0.717, 1.165) is 10.4 Å². The van der Waals surface area contributed by atoms with Crippen LogP contribution in [0.15, 0.2) is 29.6 Å². The summed E-state index contributed by atoms with van der Waals surface area (Å²) in [5.74, 6) is -0.231. The zero-order valence-corrected chi connectivity index (χ0v) is 12.5. The van der Waals surface area contributed by atoms with Crippen molar-refractivity contribution in [3.05, 3.63) is 55.7 Å². The molecule has 3 rings (SSSR count). The lowest BCUT2D eigenvalue weighted by molar-refractivity contribution is 0.0926. The van der Waals surface area contributed by atoms with Gasteiger partial charge in [-0.15, -0.1) is 11.3 Å². The quantitative estimate of drug-likeness (QED) is 0.903. The number of rotatable bonds is 2. The van der Waals surface area contributed by atoms with Crippen LogP contribution >= 0.6 is 34.5 Å². The number of halogens is 2. The topological polar surface area (TPSA) is 46.2 Å². The SMILES string of the molecule is O=C(NC1CC(=O)c2sccc21)c1ccc(Cl)cc1Cl. The van der Waals surface area contributed by atoms with Gasteiger partial charge in [0.05, 0.1) is 21.5 Å². The van der Waals surface area contributed by atoms with Crippen LogP contribution in [0.2, 0.25) is 10.0 Å². The number of hydrogen-bond donors (Lipinski definition) is 1. The van der Waals surface area contributed by atoms with Gasteiger partial charge in [0.2, 0.25) is 0 Å². The number of Topliss-reactive ketones (excluding diaryl/α,β-unsaturated/α-hetero) is 1. The fourth-order valence-corrected chi connectivity index (χ4v) is 3.65. The van der Waals surface area contributed by atoms with E-state index in [0.29, 0.717) is 22.0 Å². The second-order valence-corrected chi connectivity index (χ2v) is 6.24. The molecule has 0 fully saturated rings. The minimum absolute atomic E-state index is 0.0718. The van der Waals surface area contributed by atoms with Gasteiger partial charge in [-0.05, 0) is 35.2 Å². The molecule has 1 unspecified atom stereocenters. The number of benzene rings is 1. The number of thiophene rings is 1. The van der Waals surface area contributed by atoms with Crippen molar-refractivity contribution in [1.29, 1.82) is 0 Å². The lowest BCUT2D eigenvalue weighted by Gasteiger charge is -2.13. The van der Waals surface area contributed by atoms with Crippen molar-refractivity contribution < 1.29 is 9.59 Å². The van der Waals surface area contributed by atoms with Crippen LogP contribution in [-0.2, 0) is 0 Å². The Morgan fingerprint density at radius 2 is 2.10 bits per heavy atom. The predicted molar refractivity (Wildman–Crippen MR) is 79.9 cm³/mol. The predicted octanol–water partition coefficient (Wildman–Crippen LogP) is 4.11. The first-order valence-electron chi connectivity index (χ1n) is 5.93. The smallest absolute Gasteiger partial charge is 0.253 e. The van der Waals surface area contributed by atoms with Gasteiger partial charge in [0.25, 0.3) is 5.91 Å². The van der Waals surface area contributed by atoms with E-state index in [1.54, 1.807) is 12.1 Å². The molecule has 0 saturated heterocycles. The standard InChI is InChI=1S/C14H9Cl2NO2S/c15-7-1-2-8(10(16)5-7)14(19)17-11-6-12(18)13-9(11)3-4-20-13/h1-5,11H,6H2,(H,17,19). The van der Waals surface area contributed by atoms with Gasteiger partial charge in [0.1, 0.15) is 0 Å². The van der Waals surface area contributed by atoms with E-state index in [4.69, 9.17) is 23.2 Å². The first-order valence-corrected chi connectivity index (χ1v) is 7.56. The Bertz CT molecular complexity index is 711. The molecule has 20 heavy (non-hydrogen) atoms. The average Bonchev–Trinajstić information content (AvgIpc) is 2.95. The fraction of sp³-hybridized carbons (Fsp3) is 0.143. The summed E-state index contributed by atoms with van der Waals surface area (Å²) in [6, 6.07) is 6.30. The average molecular weight is 326 g/mol. The van der Waals surface area contributed by atoms with E-state index in [1.807, 2.05) is 11.4 Å². The molecular weight excluding hydrogens is 317 g/mol. The Morgan fingerprint density at radius 1 is 1.30 bits per heavy atom. The van der Waals surface area contributed by atoms with Crippen molar-refractivity contribution in [3.8, 4) is 0 Å². The molecule has 1 aliphatic rings. The molecule has 0 aliphatic heterocycles. The highest BCUT2D eigenvalue weighted by atomic mass is 35.5. The van der Waals surface area contributed by atoms with Gasteiger partial charge in [-0.25, -0.2) is 0 Å². The highest BCUT2D eigenvalue weighted by Gasteiger charge is 2.31. The largest absolute Gasteiger partial charge is 0.345 e. The van der Waals surface area contributed by atoms with E-state index < -0.39 is 0 Å². The highest BCUT2D eigenvalue weighted by molar-refractivity contribution is 7.12. The maximum atomic E-state index is 12.2. The van der Waals surface area contributed by atoms with Crippen molar-refractivity contribution in [1.82, 2.24) is 5.32 Å². The molecular formula is C14H9Cl2NO2S. The molecule has 0 radical (unpaired) electrons. The van der Waals surface area contributed by atoms with Crippen molar-refractivity contribution in [2.45, 2.75) is 12.5 Å². The van der Waals surface area contributed by atoms with Crippen LogP contribution < -0.4 is 5.32 Å². The van der Waals surface area contributed by atoms with Crippen LogP contribution in [0.25, 0.3) is 0 Å². The number of carbonyl (C=O) groups excluding carboxylic acids is 2. The molecule has 1 aliphatic carbocycles. The van der Waals surface area contributed by atoms with Crippen molar-refractivity contribution >= 4 is 46.2 Å². The van der Waals surface area contributed by atoms with Crippen LogP contribution in [0.3, 0.4) is 0 Å². The summed E-state index contributed by atoms with van der Waals surface area (Å²) >= 11 is 13.2. The minimum atomic E-state index is -0.302. The minimum Gasteiger partial charge on any atom is -0.345 e. The van der Waals surface area contributed by atoms with Crippen LogP contribution in [0.1, 0.15) is 38.1 Å². The van der Waals surface area contributed by atoms with Gasteiger partial charge in [0, 0.05) is 11.4 Å². The van der Waals surface area contributed by atoms with E-state index in [9.17, 15) is 9.59 Å². The first kappa shape index (κ1) is 13.6. The van der Waals surface area contributed by atoms with Gasteiger partial charge in [0.15, 0.2) is 5.78 Å². The number of hydrogen-bond acceptors (Lipinski definition) is 3. The Hall–Kier alpha value is -1.36. The molecule has 0 bridgehead atoms. The normalized spacial score (nSPS) is 17.1. The van der Waals surface area contributed by atoms with E-state index in [-0.39, 0.29) is 17.7 Å². The molecule has 1 atom stereocenters. The molecule has 1 heterocycles. The molecule has 102 valence electrons. The van der Waals surface area contributed by atoms with E-state index >= 15 is 0 Å². The summed E-state index contributed by atoms with van der Waals surface area (Å²) in [5, 5.41) is 5.48. The van der Waals surface area contributed by atoms with Gasteiger partial charge in [-0.3, -0.25) is 9.59 Å². The van der Waals surface area contributed by atoms with Crippen LogP contribution in [0, 0.1) is 0 Å². The molecule has 1 amide bonds. The summed E-state index contributed by atoms with van der Waals surface area (Å²) in [4.78, 5) is 24.7. The van der Waals surface area contributed by atoms with Gasteiger partial charge in [-0.2, -0.15) is 0 Å². The highest BCUT2D eigenvalue weighted by Crippen LogP contribution is 2.35. The zero-order valence-electron chi connectivity index (χ0n) is 10.2. The number of nitrogens with one attached hydrogen (secondary N) is 1. The lowest BCUT2D eigenvalue weighted by atomic mass is 10.1.